The van der Waals surface area contributed by atoms with E-state index in [0.29, 0.717) is 17.0 Å². The molecule has 7 heteroatoms. The molecule has 1 aromatic carbocycles. The smallest absolute Gasteiger partial charge is 0.258 e. The molecule has 0 aliphatic heterocycles. The molecule has 3 heterocycles. The number of hydrogen-bond donors (Lipinski definition) is 1. The lowest BCUT2D eigenvalue weighted by Gasteiger charge is -2.11. The number of aromatic amines is 1. The van der Waals surface area contributed by atoms with Gasteiger partial charge in [-0.25, -0.2) is 15.0 Å². The number of rotatable bonds is 3. The van der Waals surface area contributed by atoms with E-state index in [4.69, 9.17) is 0 Å². The van der Waals surface area contributed by atoms with Gasteiger partial charge in [0.05, 0.1) is 16.7 Å². The largest absolute Gasteiger partial charge is 0.309 e. The molecule has 0 fully saturated rings. The van der Waals surface area contributed by atoms with Crippen molar-refractivity contribution in [1.29, 1.82) is 0 Å². The van der Waals surface area contributed by atoms with Crippen LogP contribution in [0.4, 0.5) is 0 Å². The molecule has 5 rings (SSSR count). The lowest BCUT2D eigenvalue weighted by molar-refractivity contribution is 0.699. The molecule has 5 nitrogen and oxygen atoms in total. The Morgan fingerprint density at radius 2 is 2.04 bits per heavy atom. The Morgan fingerprint density at radius 1 is 1.15 bits per heavy atom. The van der Waals surface area contributed by atoms with E-state index < -0.39 is 0 Å². The number of aromatic nitrogens is 4. The molecule has 0 unspecified atom stereocenters. The molecular weight excluding hydrogens is 364 g/mol. The van der Waals surface area contributed by atoms with Crippen molar-refractivity contribution in [2.24, 2.45) is 0 Å². The van der Waals surface area contributed by atoms with Gasteiger partial charge in [-0.2, -0.15) is 0 Å². The van der Waals surface area contributed by atoms with Crippen molar-refractivity contribution in [3.8, 4) is 0 Å². The minimum absolute atomic E-state index is 0.0908. The van der Waals surface area contributed by atoms with E-state index in [1.165, 1.54) is 28.7 Å². The van der Waals surface area contributed by atoms with E-state index in [9.17, 15) is 4.79 Å². The van der Waals surface area contributed by atoms with Crippen molar-refractivity contribution >= 4 is 44.2 Å². The predicted molar refractivity (Wildman–Crippen MR) is 106 cm³/mol. The van der Waals surface area contributed by atoms with Crippen LogP contribution >= 0.6 is 23.1 Å². The summed E-state index contributed by atoms with van der Waals surface area (Å²) in [7, 11) is 0. The van der Waals surface area contributed by atoms with Crippen molar-refractivity contribution < 1.29 is 0 Å². The first kappa shape index (κ1) is 16.0. The van der Waals surface area contributed by atoms with E-state index in [-0.39, 0.29) is 5.56 Å². The molecule has 1 aliphatic carbocycles. The maximum atomic E-state index is 12.2. The van der Waals surface area contributed by atoms with Crippen LogP contribution in [-0.4, -0.2) is 19.9 Å². The average molecular weight is 380 g/mol. The second-order valence-corrected chi connectivity index (χ2v) is 8.44. The number of thioether (sulfide) groups is 1. The molecule has 0 saturated carbocycles. The van der Waals surface area contributed by atoms with E-state index in [1.807, 2.05) is 18.2 Å². The monoisotopic (exact) mass is 380 g/mol. The van der Waals surface area contributed by atoms with E-state index >= 15 is 0 Å². The van der Waals surface area contributed by atoms with Gasteiger partial charge in [0, 0.05) is 10.3 Å². The Balaban J connectivity index is 1.51. The highest BCUT2D eigenvalue weighted by Crippen LogP contribution is 2.39. The third-order valence-corrected chi connectivity index (χ3v) is 6.92. The molecule has 1 N–H and O–H groups in total. The summed E-state index contributed by atoms with van der Waals surface area (Å²) in [6.07, 6.45) is 6.40. The number of nitrogens with one attached hydrogen (secondary N) is 1. The van der Waals surface area contributed by atoms with Gasteiger partial charge in [-0.05, 0) is 43.4 Å². The predicted octanol–water partition coefficient (Wildman–Crippen LogP) is 4.10. The van der Waals surface area contributed by atoms with Crippen LogP contribution in [0.3, 0.4) is 0 Å². The van der Waals surface area contributed by atoms with Gasteiger partial charge in [0.1, 0.15) is 22.0 Å². The zero-order valence-electron chi connectivity index (χ0n) is 14.0. The van der Waals surface area contributed by atoms with Crippen LogP contribution in [0.5, 0.6) is 0 Å². The van der Waals surface area contributed by atoms with E-state index in [1.54, 1.807) is 35.5 Å². The van der Waals surface area contributed by atoms with Crippen LogP contribution in [0.25, 0.3) is 21.1 Å². The van der Waals surface area contributed by atoms with Crippen molar-refractivity contribution in [1.82, 2.24) is 19.9 Å². The first-order chi connectivity index (χ1) is 12.8. The Labute approximate surface area is 157 Å². The summed E-state index contributed by atoms with van der Waals surface area (Å²) in [6.45, 7) is 0. The molecular formula is C19H16N4OS2. The van der Waals surface area contributed by atoms with Crippen LogP contribution < -0.4 is 5.56 Å². The van der Waals surface area contributed by atoms with Crippen molar-refractivity contribution in [3.63, 3.8) is 0 Å². The highest BCUT2D eigenvalue weighted by Gasteiger charge is 2.20. The van der Waals surface area contributed by atoms with Crippen LogP contribution in [0.1, 0.15) is 29.1 Å². The topological polar surface area (TPSA) is 71.5 Å². The summed E-state index contributed by atoms with van der Waals surface area (Å²) >= 11 is 3.42. The molecule has 0 bridgehead atoms. The van der Waals surface area contributed by atoms with Gasteiger partial charge in [0.2, 0.25) is 0 Å². The normalized spacial score (nSPS) is 14.0. The average Bonchev–Trinajstić information content (AvgIpc) is 3.06. The standard InChI is InChI=1S/C19H16N4OS2/c24-17-11-5-1-3-7-13(11)22-15(23-17)9-25-18-16-12-6-2-4-8-14(12)26-19(16)21-10-20-18/h1,3,5,7,10H,2,4,6,8-9H2,(H,22,23,24). The summed E-state index contributed by atoms with van der Waals surface area (Å²) in [5, 5.41) is 2.82. The molecule has 0 saturated heterocycles. The molecule has 3 aromatic heterocycles. The fraction of sp³-hybridized carbons (Fsp3) is 0.263. The van der Waals surface area contributed by atoms with Gasteiger partial charge in [-0.3, -0.25) is 4.79 Å². The molecule has 0 radical (unpaired) electrons. The van der Waals surface area contributed by atoms with Crippen LogP contribution in [0.2, 0.25) is 0 Å². The summed E-state index contributed by atoms with van der Waals surface area (Å²) < 4.78 is 0. The van der Waals surface area contributed by atoms with Gasteiger partial charge in [0.15, 0.2) is 0 Å². The lowest BCUT2D eigenvalue weighted by atomic mass is 9.97. The number of hydrogen-bond acceptors (Lipinski definition) is 6. The lowest BCUT2D eigenvalue weighted by Crippen LogP contribution is -2.11. The Morgan fingerprint density at radius 3 is 3.00 bits per heavy atom. The van der Waals surface area contributed by atoms with Gasteiger partial charge in [-0.15, -0.1) is 11.3 Å². The number of para-hydroxylation sites is 1. The molecule has 26 heavy (non-hydrogen) atoms. The van der Waals surface area contributed by atoms with E-state index in [0.717, 1.165) is 28.2 Å². The van der Waals surface area contributed by atoms with Gasteiger partial charge < -0.3 is 4.98 Å². The summed E-state index contributed by atoms with van der Waals surface area (Å²) in [6, 6.07) is 7.42. The molecule has 0 atom stereocenters. The minimum atomic E-state index is -0.0908. The molecule has 130 valence electrons. The fourth-order valence-electron chi connectivity index (χ4n) is 3.51. The number of fused-ring (bicyclic) bond motifs is 4. The van der Waals surface area contributed by atoms with Crippen molar-refractivity contribution in [2.75, 3.05) is 0 Å². The third-order valence-electron chi connectivity index (χ3n) is 4.72. The van der Waals surface area contributed by atoms with Crippen molar-refractivity contribution in [3.05, 3.63) is 57.2 Å². The maximum Gasteiger partial charge on any atom is 0.258 e. The van der Waals surface area contributed by atoms with Gasteiger partial charge in [-0.1, -0.05) is 23.9 Å². The Kier molecular flexibility index (Phi) is 3.98. The highest BCUT2D eigenvalue weighted by molar-refractivity contribution is 7.98. The number of H-pyrrole nitrogens is 1. The van der Waals surface area contributed by atoms with Crippen LogP contribution in [0, 0.1) is 0 Å². The summed E-state index contributed by atoms with van der Waals surface area (Å²) in [5.41, 5.74) is 2.07. The van der Waals surface area contributed by atoms with Crippen LogP contribution in [-0.2, 0) is 18.6 Å². The summed E-state index contributed by atoms with van der Waals surface area (Å²) in [5.74, 6) is 1.26. The van der Waals surface area contributed by atoms with E-state index in [2.05, 4.69) is 19.9 Å². The molecule has 1 aliphatic rings. The number of benzene rings is 1. The highest BCUT2D eigenvalue weighted by atomic mass is 32.2. The first-order valence-electron chi connectivity index (χ1n) is 8.65. The zero-order chi connectivity index (χ0) is 17.5. The number of thiophene rings is 1. The molecule has 0 amide bonds. The SMILES string of the molecule is O=c1[nH]c(CSc2ncnc3sc4c(c23)CCCC4)nc2ccccc12. The van der Waals surface area contributed by atoms with Crippen molar-refractivity contribution in [2.45, 2.75) is 36.5 Å². The fourth-order valence-corrected chi connectivity index (χ4v) is 5.70. The van der Waals surface area contributed by atoms with Gasteiger partial charge >= 0.3 is 0 Å². The first-order valence-corrected chi connectivity index (χ1v) is 10.5. The Bertz CT molecular complexity index is 1180. The summed E-state index contributed by atoms with van der Waals surface area (Å²) in [4.78, 5) is 31.3. The number of nitrogens with zero attached hydrogens (tertiary/aromatic N) is 3. The number of aryl methyl sites for hydroxylation is 2. The molecule has 4 aromatic rings. The minimum Gasteiger partial charge on any atom is -0.309 e. The zero-order valence-corrected chi connectivity index (χ0v) is 15.6. The maximum absolute atomic E-state index is 12.2. The second-order valence-electron chi connectivity index (χ2n) is 6.39. The Hall–Kier alpha value is -2.25. The van der Waals surface area contributed by atoms with Gasteiger partial charge in [0.25, 0.3) is 5.56 Å². The molecule has 0 spiro atoms. The third kappa shape index (κ3) is 2.71. The second kappa shape index (κ2) is 6.48. The van der Waals surface area contributed by atoms with Crippen LogP contribution in [0.15, 0.2) is 40.4 Å². The quantitative estimate of drug-likeness (QED) is 0.428.